The molecule has 0 aromatic heterocycles. The summed E-state index contributed by atoms with van der Waals surface area (Å²) in [7, 11) is 0. The van der Waals surface area contributed by atoms with Gasteiger partial charge >= 0.3 is 18.1 Å². The monoisotopic (exact) mass is 385 g/mol. The number of esters is 1. The van der Waals surface area contributed by atoms with Crippen molar-refractivity contribution >= 4 is 17.6 Å². The lowest BCUT2D eigenvalue weighted by Crippen LogP contribution is -2.14. The quantitative estimate of drug-likeness (QED) is 0.458. The maximum absolute atomic E-state index is 12.5. The molecule has 0 heterocycles. The van der Waals surface area contributed by atoms with Gasteiger partial charge in [0, 0.05) is 12.1 Å². The molecule has 0 saturated heterocycles. The molecule has 2 rings (SSSR count). The highest BCUT2D eigenvalue weighted by molar-refractivity contribution is 5.95. The fourth-order valence-corrected chi connectivity index (χ4v) is 1.95. The minimum Gasteiger partial charge on any atom is -0.479 e. The van der Waals surface area contributed by atoms with Crippen LogP contribution in [0, 0.1) is 10.1 Å². The molecule has 8 nitrogen and oxygen atoms in total. The maximum Gasteiger partial charge on any atom is 0.416 e. The predicted octanol–water partition coefficient (Wildman–Crippen LogP) is 3.65. The largest absolute Gasteiger partial charge is 0.479 e. The molecule has 2 aromatic rings. The zero-order valence-electron chi connectivity index (χ0n) is 13.2. The van der Waals surface area contributed by atoms with Crippen LogP contribution in [0.4, 0.5) is 18.9 Å². The van der Waals surface area contributed by atoms with Crippen molar-refractivity contribution in [3.63, 3.8) is 0 Å². The molecular weight excluding hydrogens is 375 g/mol. The fraction of sp³-hybridized carbons (Fsp3) is 0.125. The topological polar surface area (TPSA) is 116 Å². The second-order valence-electron chi connectivity index (χ2n) is 5.03. The van der Waals surface area contributed by atoms with Crippen molar-refractivity contribution in [2.45, 2.75) is 6.18 Å². The third kappa shape index (κ3) is 5.17. The Labute approximate surface area is 148 Å². The Hall–Kier alpha value is -3.63. The second-order valence-corrected chi connectivity index (χ2v) is 5.03. The minimum atomic E-state index is -4.52. The average Bonchev–Trinajstić information content (AvgIpc) is 2.59. The number of nitrogens with zero attached hydrogens (tertiary/aromatic N) is 1. The maximum atomic E-state index is 12.5. The van der Waals surface area contributed by atoms with E-state index in [1.54, 1.807) is 0 Å². The van der Waals surface area contributed by atoms with Gasteiger partial charge in [0.1, 0.15) is 17.1 Å². The van der Waals surface area contributed by atoms with E-state index in [9.17, 15) is 32.9 Å². The zero-order valence-corrected chi connectivity index (χ0v) is 13.2. The van der Waals surface area contributed by atoms with Gasteiger partial charge in [0.25, 0.3) is 5.69 Å². The van der Waals surface area contributed by atoms with Gasteiger partial charge in [0.2, 0.25) is 0 Å². The first-order chi connectivity index (χ1) is 12.6. The van der Waals surface area contributed by atoms with Gasteiger partial charge < -0.3 is 14.6 Å². The van der Waals surface area contributed by atoms with E-state index in [2.05, 4.69) is 4.74 Å². The van der Waals surface area contributed by atoms with Crippen LogP contribution in [0.5, 0.6) is 11.5 Å². The highest BCUT2D eigenvalue weighted by Crippen LogP contribution is 2.32. The average molecular weight is 385 g/mol. The first-order valence-corrected chi connectivity index (χ1v) is 7.10. The molecule has 11 heteroatoms. The van der Waals surface area contributed by atoms with Crippen LogP contribution in [0.2, 0.25) is 0 Å². The molecule has 142 valence electrons. The van der Waals surface area contributed by atoms with Crippen molar-refractivity contribution in [2.24, 2.45) is 0 Å². The third-order valence-corrected chi connectivity index (χ3v) is 3.13. The molecule has 0 unspecified atom stereocenters. The SMILES string of the molecule is O=C(O)COC(=O)c1cc(Oc2ccc(C(F)(F)F)cc2)ccc1[N+](=O)[O-]. The molecule has 0 saturated carbocycles. The van der Waals surface area contributed by atoms with Crippen molar-refractivity contribution in [2.75, 3.05) is 6.61 Å². The highest BCUT2D eigenvalue weighted by Gasteiger charge is 2.30. The van der Waals surface area contributed by atoms with Crippen LogP contribution in [-0.2, 0) is 15.7 Å². The van der Waals surface area contributed by atoms with Gasteiger partial charge in [0.15, 0.2) is 6.61 Å². The van der Waals surface area contributed by atoms with Crippen LogP contribution in [0.1, 0.15) is 15.9 Å². The van der Waals surface area contributed by atoms with E-state index in [0.29, 0.717) is 0 Å². The molecule has 0 spiro atoms. The predicted molar refractivity (Wildman–Crippen MR) is 82.5 cm³/mol. The number of halogens is 3. The van der Waals surface area contributed by atoms with Crippen LogP contribution < -0.4 is 4.74 Å². The summed E-state index contributed by atoms with van der Waals surface area (Å²) in [6.07, 6.45) is -4.52. The van der Waals surface area contributed by atoms with Gasteiger partial charge in [-0.05, 0) is 30.3 Å². The Morgan fingerprint density at radius 1 is 1.07 bits per heavy atom. The second kappa shape index (κ2) is 7.72. The van der Waals surface area contributed by atoms with Gasteiger partial charge in [-0.15, -0.1) is 0 Å². The van der Waals surface area contributed by atoms with Gasteiger partial charge in [-0.1, -0.05) is 0 Å². The van der Waals surface area contributed by atoms with Crippen molar-refractivity contribution in [3.05, 3.63) is 63.7 Å². The lowest BCUT2D eigenvalue weighted by molar-refractivity contribution is -0.385. The van der Waals surface area contributed by atoms with Crippen molar-refractivity contribution in [1.29, 1.82) is 0 Å². The van der Waals surface area contributed by atoms with Gasteiger partial charge in [-0.3, -0.25) is 10.1 Å². The summed E-state index contributed by atoms with van der Waals surface area (Å²) in [5.74, 6) is -2.82. The number of nitro groups is 1. The Kier molecular flexibility index (Phi) is 5.63. The van der Waals surface area contributed by atoms with Crippen LogP contribution in [0.15, 0.2) is 42.5 Å². The molecule has 0 radical (unpaired) electrons. The van der Waals surface area contributed by atoms with E-state index in [4.69, 9.17) is 9.84 Å². The number of aliphatic carboxylic acids is 1. The molecule has 2 aromatic carbocycles. The molecule has 0 atom stereocenters. The third-order valence-electron chi connectivity index (χ3n) is 3.13. The summed E-state index contributed by atoms with van der Waals surface area (Å²) in [5, 5.41) is 19.5. The molecule has 0 aliphatic carbocycles. The molecule has 0 bridgehead atoms. The lowest BCUT2D eigenvalue weighted by atomic mass is 10.1. The summed E-state index contributed by atoms with van der Waals surface area (Å²) in [4.78, 5) is 32.4. The number of carbonyl (C=O) groups excluding carboxylic acids is 1. The smallest absolute Gasteiger partial charge is 0.416 e. The van der Waals surface area contributed by atoms with E-state index in [-0.39, 0.29) is 11.5 Å². The molecule has 1 N–H and O–H groups in total. The molecular formula is C16H10F3NO7. The number of nitro benzene ring substituents is 1. The zero-order chi connectivity index (χ0) is 20.2. The summed E-state index contributed by atoms with van der Waals surface area (Å²) in [6.45, 7) is -1.00. The van der Waals surface area contributed by atoms with Crippen molar-refractivity contribution < 1.29 is 42.3 Å². The molecule has 0 aliphatic rings. The molecule has 0 amide bonds. The first kappa shape index (κ1) is 19.7. The highest BCUT2D eigenvalue weighted by atomic mass is 19.4. The van der Waals surface area contributed by atoms with Gasteiger partial charge in [-0.25, -0.2) is 9.59 Å². The first-order valence-electron chi connectivity index (χ1n) is 7.10. The standard InChI is InChI=1S/C16H10F3NO7/c17-16(18,19)9-1-3-10(4-2-9)27-11-5-6-13(20(24)25)12(7-11)15(23)26-8-14(21)22/h1-7H,8H2,(H,21,22). The van der Waals surface area contributed by atoms with Gasteiger partial charge in [-0.2, -0.15) is 13.2 Å². The number of hydrogen-bond donors (Lipinski definition) is 1. The van der Waals surface area contributed by atoms with Gasteiger partial charge in [0.05, 0.1) is 10.5 Å². The van der Waals surface area contributed by atoms with E-state index in [0.717, 1.165) is 42.5 Å². The van der Waals surface area contributed by atoms with E-state index < -0.39 is 46.5 Å². The van der Waals surface area contributed by atoms with Crippen LogP contribution in [0.3, 0.4) is 0 Å². The number of alkyl halides is 3. The molecule has 0 aliphatic heterocycles. The fourth-order valence-electron chi connectivity index (χ4n) is 1.95. The number of carboxylic acid groups (broad SMARTS) is 1. The minimum absolute atomic E-state index is 0.0123. The van der Waals surface area contributed by atoms with Crippen LogP contribution in [0.25, 0.3) is 0 Å². The Morgan fingerprint density at radius 3 is 2.19 bits per heavy atom. The van der Waals surface area contributed by atoms with Crippen molar-refractivity contribution in [1.82, 2.24) is 0 Å². The number of carbonyl (C=O) groups is 2. The molecule has 0 fully saturated rings. The summed E-state index contributed by atoms with van der Waals surface area (Å²) >= 11 is 0. The van der Waals surface area contributed by atoms with E-state index in [1.807, 2.05) is 0 Å². The number of rotatable bonds is 6. The number of hydrogen-bond acceptors (Lipinski definition) is 6. The van der Waals surface area contributed by atoms with Crippen LogP contribution in [-0.4, -0.2) is 28.6 Å². The van der Waals surface area contributed by atoms with E-state index >= 15 is 0 Å². The summed E-state index contributed by atoms with van der Waals surface area (Å²) in [6, 6.07) is 6.62. The normalized spacial score (nSPS) is 10.9. The summed E-state index contributed by atoms with van der Waals surface area (Å²) in [5.41, 5.74) is -2.10. The number of carboxylic acids is 1. The Bertz CT molecular complexity index is 879. The molecule has 27 heavy (non-hydrogen) atoms. The van der Waals surface area contributed by atoms with Crippen molar-refractivity contribution in [3.8, 4) is 11.5 Å². The number of ether oxygens (including phenoxy) is 2. The van der Waals surface area contributed by atoms with E-state index in [1.165, 1.54) is 0 Å². The number of benzene rings is 2. The summed E-state index contributed by atoms with van der Waals surface area (Å²) < 4.78 is 47.3. The Morgan fingerprint density at radius 2 is 1.67 bits per heavy atom. The Balaban J connectivity index is 2.27. The lowest BCUT2D eigenvalue weighted by Gasteiger charge is -2.10. The van der Waals surface area contributed by atoms with Crippen LogP contribution >= 0.6 is 0 Å².